The molecule has 2 aromatic rings. The first-order valence-electron chi connectivity index (χ1n) is 10.3. The molecular formula is C21H33N3O3S. The molecule has 0 aliphatic heterocycles. The molecule has 1 unspecified atom stereocenters. The third kappa shape index (κ3) is 5.41. The van der Waals surface area contributed by atoms with Gasteiger partial charge in [0.1, 0.15) is 10.7 Å². The summed E-state index contributed by atoms with van der Waals surface area (Å²) in [5, 5.41) is 11.2. The Hall–Kier alpha value is -1.28. The lowest BCUT2D eigenvalue weighted by Gasteiger charge is -2.26. The van der Waals surface area contributed by atoms with Crippen molar-refractivity contribution in [2.75, 3.05) is 19.7 Å². The summed E-state index contributed by atoms with van der Waals surface area (Å²) in [6, 6.07) is 0. The molecule has 0 fully saturated rings. The highest BCUT2D eigenvalue weighted by Gasteiger charge is 2.21. The zero-order valence-corrected chi connectivity index (χ0v) is 18.3. The molecule has 2 heterocycles. The molecule has 0 radical (unpaired) electrons. The Bertz CT molecular complexity index is 853. The molecule has 3 rings (SSSR count). The Morgan fingerprint density at radius 3 is 2.79 bits per heavy atom. The number of ether oxygens (including phenoxy) is 1. The second-order valence-corrected chi connectivity index (χ2v) is 9.80. The van der Waals surface area contributed by atoms with E-state index in [4.69, 9.17) is 9.72 Å². The van der Waals surface area contributed by atoms with Crippen molar-refractivity contribution in [3.05, 3.63) is 26.6 Å². The van der Waals surface area contributed by atoms with Crippen molar-refractivity contribution in [1.29, 1.82) is 0 Å². The summed E-state index contributed by atoms with van der Waals surface area (Å²) in [5.74, 6) is 0.675. The van der Waals surface area contributed by atoms with Crippen molar-refractivity contribution in [2.24, 2.45) is 0 Å². The lowest BCUT2D eigenvalue weighted by Crippen LogP contribution is -2.37. The first-order valence-corrected chi connectivity index (χ1v) is 11.2. The van der Waals surface area contributed by atoms with E-state index in [1.54, 1.807) is 11.3 Å². The normalized spacial score (nSPS) is 15.9. The Kier molecular flexibility index (Phi) is 6.91. The molecule has 6 nitrogen and oxygen atoms in total. The highest BCUT2D eigenvalue weighted by atomic mass is 32.1. The summed E-state index contributed by atoms with van der Waals surface area (Å²) in [5.41, 5.74) is 0.923. The van der Waals surface area contributed by atoms with Crippen LogP contribution in [0.15, 0.2) is 4.79 Å². The number of thiophene rings is 1. The minimum absolute atomic E-state index is 0.0209. The van der Waals surface area contributed by atoms with Gasteiger partial charge in [-0.2, -0.15) is 0 Å². The SMILES string of the molecule is CCCN(Cc1nc2sc3c(c2c(=O)[nH]1)CCCC3)CC(O)COC(C)(C)C. The van der Waals surface area contributed by atoms with Gasteiger partial charge in [0.15, 0.2) is 0 Å². The maximum atomic E-state index is 12.7. The maximum absolute atomic E-state index is 12.7. The molecule has 0 spiro atoms. The first kappa shape index (κ1) is 21.4. The number of nitrogens with zero attached hydrogens (tertiary/aromatic N) is 2. The number of hydrogen-bond donors (Lipinski definition) is 2. The van der Waals surface area contributed by atoms with E-state index in [-0.39, 0.29) is 11.2 Å². The molecule has 28 heavy (non-hydrogen) atoms. The summed E-state index contributed by atoms with van der Waals surface area (Å²) in [4.78, 5) is 24.8. The number of rotatable bonds is 8. The van der Waals surface area contributed by atoms with Gasteiger partial charge in [0, 0.05) is 11.4 Å². The quantitative estimate of drug-likeness (QED) is 0.702. The average molecular weight is 408 g/mol. The summed E-state index contributed by atoms with van der Waals surface area (Å²) >= 11 is 1.67. The van der Waals surface area contributed by atoms with Crippen LogP contribution in [0.4, 0.5) is 0 Å². The Morgan fingerprint density at radius 2 is 2.07 bits per heavy atom. The number of H-pyrrole nitrogens is 1. The Balaban J connectivity index is 1.74. The minimum atomic E-state index is -0.574. The van der Waals surface area contributed by atoms with Crippen molar-refractivity contribution in [2.45, 2.75) is 78.0 Å². The van der Waals surface area contributed by atoms with Gasteiger partial charge in [-0.25, -0.2) is 4.98 Å². The van der Waals surface area contributed by atoms with E-state index in [2.05, 4.69) is 16.8 Å². The third-order valence-electron chi connectivity index (χ3n) is 4.96. The summed E-state index contributed by atoms with van der Waals surface area (Å²) in [6.45, 7) is 10.2. The van der Waals surface area contributed by atoms with E-state index in [9.17, 15) is 9.90 Å². The van der Waals surface area contributed by atoms with Crippen LogP contribution in [0, 0.1) is 0 Å². The third-order valence-corrected chi connectivity index (χ3v) is 6.15. The number of fused-ring (bicyclic) bond motifs is 3. The Morgan fingerprint density at radius 1 is 1.32 bits per heavy atom. The molecule has 1 aliphatic carbocycles. The molecule has 0 saturated carbocycles. The largest absolute Gasteiger partial charge is 0.389 e. The molecule has 1 aliphatic rings. The fourth-order valence-corrected chi connectivity index (χ4v) is 5.02. The second kappa shape index (κ2) is 9.03. The van der Waals surface area contributed by atoms with Crippen LogP contribution in [-0.2, 0) is 24.1 Å². The van der Waals surface area contributed by atoms with E-state index < -0.39 is 6.10 Å². The van der Waals surface area contributed by atoms with E-state index in [0.717, 1.165) is 42.4 Å². The van der Waals surface area contributed by atoms with Gasteiger partial charge in [0.25, 0.3) is 5.56 Å². The highest BCUT2D eigenvalue weighted by molar-refractivity contribution is 7.18. The molecule has 0 amide bonds. The predicted molar refractivity (Wildman–Crippen MR) is 114 cm³/mol. The monoisotopic (exact) mass is 407 g/mol. The standard InChI is InChI=1S/C21H33N3O3S/c1-5-10-24(11-14(25)13-27-21(2,3)4)12-17-22-19(26)18-15-8-6-7-9-16(15)28-20(18)23-17/h14,25H,5-13H2,1-4H3,(H,22,23,26). The van der Waals surface area contributed by atoms with Crippen molar-refractivity contribution in [1.82, 2.24) is 14.9 Å². The summed E-state index contributed by atoms with van der Waals surface area (Å²) in [6.07, 6.45) is 4.79. The number of aliphatic hydroxyl groups excluding tert-OH is 1. The Labute approximate surface area is 170 Å². The smallest absolute Gasteiger partial charge is 0.259 e. The van der Waals surface area contributed by atoms with Gasteiger partial charge in [-0.3, -0.25) is 9.69 Å². The number of aromatic nitrogens is 2. The highest BCUT2D eigenvalue weighted by Crippen LogP contribution is 2.33. The van der Waals surface area contributed by atoms with Crippen LogP contribution in [0.5, 0.6) is 0 Å². The molecule has 2 aromatic heterocycles. The molecule has 0 aromatic carbocycles. The van der Waals surface area contributed by atoms with Crippen LogP contribution >= 0.6 is 11.3 Å². The van der Waals surface area contributed by atoms with Crippen LogP contribution in [0.25, 0.3) is 10.2 Å². The summed E-state index contributed by atoms with van der Waals surface area (Å²) < 4.78 is 5.70. The van der Waals surface area contributed by atoms with Crippen LogP contribution in [-0.4, -0.2) is 51.4 Å². The molecule has 2 N–H and O–H groups in total. The molecule has 0 bridgehead atoms. The number of aromatic amines is 1. The number of aliphatic hydroxyl groups is 1. The fraction of sp³-hybridized carbons (Fsp3) is 0.714. The van der Waals surface area contributed by atoms with Crippen LogP contribution in [0.2, 0.25) is 0 Å². The molecular weight excluding hydrogens is 374 g/mol. The molecule has 7 heteroatoms. The number of nitrogens with one attached hydrogen (secondary N) is 1. The lowest BCUT2D eigenvalue weighted by molar-refractivity contribution is -0.0568. The van der Waals surface area contributed by atoms with E-state index in [0.29, 0.717) is 25.5 Å². The molecule has 156 valence electrons. The lowest BCUT2D eigenvalue weighted by atomic mass is 9.97. The van der Waals surface area contributed by atoms with Crippen molar-refractivity contribution >= 4 is 21.6 Å². The average Bonchev–Trinajstić information content (AvgIpc) is 2.98. The van der Waals surface area contributed by atoms with Gasteiger partial charge in [0.05, 0.1) is 30.2 Å². The molecule has 0 saturated heterocycles. The number of aryl methyl sites for hydroxylation is 2. The van der Waals surface area contributed by atoms with Crippen molar-refractivity contribution in [3.63, 3.8) is 0 Å². The second-order valence-electron chi connectivity index (χ2n) is 8.72. The topological polar surface area (TPSA) is 78.5 Å². The van der Waals surface area contributed by atoms with Crippen LogP contribution < -0.4 is 5.56 Å². The minimum Gasteiger partial charge on any atom is -0.389 e. The zero-order chi connectivity index (χ0) is 20.3. The van der Waals surface area contributed by atoms with Crippen molar-refractivity contribution in [3.8, 4) is 0 Å². The van der Waals surface area contributed by atoms with Gasteiger partial charge >= 0.3 is 0 Å². The van der Waals surface area contributed by atoms with E-state index in [1.807, 2.05) is 20.8 Å². The van der Waals surface area contributed by atoms with Gasteiger partial charge < -0.3 is 14.8 Å². The van der Waals surface area contributed by atoms with E-state index in [1.165, 1.54) is 16.9 Å². The van der Waals surface area contributed by atoms with Crippen LogP contribution in [0.3, 0.4) is 0 Å². The van der Waals surface area contributed by atoms with Crippen molar-refractivity contribution < 1.29 is 9.84 Å². The first-order chi connectivity index (χ1) is 13.3. The maximum Gasteiger partial charge on any atom is 0.259 e. The van der Waals surface area contributed by atoms with Gasteiger partial charge in [-0.15, -0.1) is 11.3 Å². The van der Waals surface area contributed by atoms with Crippen LogP contribution in [0.1, 0.15) is 63.2 Å². The van der Waals surface area contributed by atoms with E-state index >= 15 is 0 Å². The molecule has 1 atom stereocenters. The predicted octanol–water partition coefficient (Wildman–Crippen LogP) is 3.25. The fourth-order valence-electron chi connectivity index (χ4n) is 3.74. The van der Waals surface area contributed by atoms with Gasteiger partial charge in [-0.1, -0.05) is 6.92 Å². The van der Waals surface area contributed by atoms with Gasteiger partial charge in [-0.05, 0) is 65.0 Å². The number of hydrogen-bond acceptors (Lipinski definition) is 6. The summed E-state index contributed by atoms with van der Waals surface area (Å²) in [7, 11) is 0. The zero-order valence-electron chi connectivity index (χ0n) is 17.5. The van der Waals surface area contributed by atoms with Gasteiger partial charge in [0.2, 0.25) is 0 Å².